The summed E-state index contributed by atoms with van der Waals surface area (Å²) < 4.78 is 12.0. The number of amides is 3. The molecule has 3 aromatic rings. The Hall–Kier alpha value is -4.18. The Labute approximate surface area is 223 Å². The first-order chi connectivity index (χ1) is 17.9. The number of anilines is 2. The van der Waals surface area contributed by atoms with Crippen LogP contribution in [0.25, 0.3) is 0 Å². The van der Waals surface area contributed by atoms with Crippen molar-refractivity contribution >= 4 is 51.2 Å². The van der Waals surface area contributed by atoms with Crippen LogP contribution in [0.2, 0.25) is 0 Å². The minimum atomic E-state index is -0.940. The molecular formula is C27H27BrN4O5. The maximum Gasteiger partial charge on any atom is 0.329 e. The van der Waals surface area contributed by atoms with Crippen molar-refractivity contribution < 1.29 is 23.9 Å². The quantitative estimate of drug-likeness (QED) is 0.187. The van der Waals surface area contributed by atoms with E-state index in [0.717, 1.165) is 16.5 Å². The first-order valence-corrected chi connectivity index (χ1v) is 12.3. The third-order valence-electron chi connectivity index (χ3n) is 4.90. The number of ether oxygens (including phenoxy) is 2. The number of aryl methyl sites for hydroxylation is 1. The van der Waals surface area contributed by atoms with Crippen LogP contribution in [-0.2, 0) is 14.4 Å². The summed E-state index contributed by atoms with van der Waals surface area (Å²) in [5.74, 6) is -1.07. The standard InChI is InChI=1S/C27H27BrN4O5/c1-3-14-36-22-11-9-21(10-12-22)30-26(34)27(35)32-29-16-19-6-4-5-7-24(19)37-17-25(33)31-23-13-8-20(28)15-18(23)2/h4-13,15-16H,3,14,17H2,1-2H3,(H,30,34)(H,31,33)(H,32,35)/b29-16-. The van der Waals surface area contributed by atoms with Gasteiger partial charge in [0.05, 0.1) is 12.8 Å². The zero-order valence-electron chi connectivity index (χ0n) is 20.4. The fourth-order valence-corrected chi connectivity index (χ4v) is 3.54. The summed E-state index contributed by atoms with van der Waals surface area (Å²) >= 11 is 3.39. The minimum Gasteiger partial charge on any atom is -0.494 e. The van der Waals surface area contributed by atoms with Gasteiger partial charge in [-0.25, -0.2) is 5.43 Å². The highest BCUT2D eigenvalue weighted by atomic mass is 79.9. The van der Waals surface area contributed by atoms with Crippen LogP contribution in [0.4, 0.5) is 11.4 Å². The molecule has 3 amide bonds. The van der Waals surface area contributed by atoms with E-state index in [9.17, 15) is 14.4 Å². The second kappa shape index (κ2) is 13.8. The zero-order chi connectivity index (χ0) is 26.6. The van der Waals surface area contributed by atoms with Crippen molar-refractivity contribution in [1.29, 1.82) is 0 Å². The number of carbonyl (C=O) groups is 3. The zero-order valence-corrected chi connectivity index (χ0v) is 22.0. The minimum absolute atomic E-state index is 0.225. The van der Waals surface area contributed by atoms with Crippen molar-refractivity contribution in [3.05, 3.63) is 82.3 Å². The highest BCUT2D eigenvalue weighted by molar-refractivity contribution is 9.10. The van der Waals surface area contributed by atoms with Crippen LogP contribution < -0.4 is 25.5 Å². The lowest BCUT2D eigenvalue weighted by Crippen LogP contribution is -2.32. The number of rotatable bonds is 10. The number of halogens is 1. The number of hydrogen-bond acceptors (Lipinski definition) is 6. The molecule has 192 valence electrons. The van der Waals surface area contributed by atoms with E-state index in [2.05, 4.69) is 37.1 Å². The summed E-state index contributed by atoms with van der Waals surface area (Å²) in [5, 5.41) is 9.13. The summed E-state index contributed by atoms with van der Waals surface area (Å²) in [5.41, 5.74) is 4.74. The van der Waals surface area contributed by atoms with Gasteiger partial charge in [-0.15, -0.1) is 0 Å². The first-order valence-electron chi connectivity index (χ1n) is 11.5. The van der Waals surface area contributed by atoms with Crippen molar-refractivity contribution in [2.75, 3.05) is 23.8 Å². The van der Waals surface area contributed by atoms with Crippen molar-refractivity contribution in [2.45, 2.75) is 20.3 Å². The van der Waals surface area contributed by atoms with Gasteiger partial charge < -0.3 is 20.1 Å². The Morgan fingerprint density at radius 2 is 1.70 bits per heavy atom. The molecule has 0 fully saturated rings. The summed E-state index contributed by atoms with van der Waals surface area (Å²) in [4.78, 5) is 36.6. The maximum absolute atomic E-state index is 12.3. The Bertz CT molecular complexity index is 1280. The van der Waals surface area contributed by atoms with Gasteiger partial charge in [-0.1, -0.05) is 35.0 Å². The van der Waals surface area contributed by atoms with E-state index >= 15 is 0 Å². The van der Waals surface area contributed by atoms with E-state index < -0.39 is 11.8 Å². The van der Waals surface area contributed by atoms with Gasteiger partial charge in [-0.2, -0.15) is 5.10 Å². The van der Waals surface area contributed by atoms with E-state index in [-0.39, 0.29) is 12.5 Å². The number of benzene rings is 3. The Morgan fingerprint density at radius 1 is 0.946 bits per heavy atom. The molecule has 0 spiro atoms. The fourth-order valence-electron chi connectivity index (χ4n) is 3.07. The van der Waals surface area contributed by atoms with Crippen molar-refractivity contribution in [2.24, 2.45) is 5.10 Å². The van der Waals surface area contributed by atoms with E-state index in [0.29, 0.717) is 35.0 Å². The van der Waals surface area contributed by atoms with Crippen molar-refractivity contribution in [3.63, 3.8) is 0 Å². The van der Waals surface area contributed by atoms with Crippen LogP contribution in [0.1, 0.15) is 24.5 Å². The molecule has 37 heavy (non-hydrogen) atoms. The molecule has 9 nitrogen and oxygen atoms in total. The second-order valence-electron chi connectivity index (χ2n) is 7.86. The molecule has 0 aliphatic carbocycles. The molecule has 0 saturated heterocycles. The van der Waals surface area contributed by atoms with Gasteiger partial charge in [-0.05, 0) is 73.5 Å². The molecule has 0 aromatic heterocycles. The molecule has 0 aliphatic heterocycles. The topological polar surface area (TPSA) is 118 Å². The van der Waals surface area contributed by atoms with E-state index in [1.165, 1.54) is 6.21 Å². The molecule has 0 heterocycles. The van der Waals surface area contributed by atoms with Crippen LogP contribution >= 0.6 is 15.9 Å². The van der Waals surface area contributed by atoms with Gasteiger partial charge in [0.15, 0.2) is 6.61 Å². The fraction of sp³-hybridized carbons (Fsp3) is 0.185. The number of carbonyl (C=O) groups excluding carboxylic acids is 3. The predicted molar refractivity (Wildman–Crippen MR) is 146 cm³/mol. The summed E-state index contributed by atoms with van der Waals surface area (Å²) in [6, 6.07) is 19.1. The number of nitrogens with zero attached hydrogens (tertiary/aromatic N) is 1. The Balaban J connectivity index is 1.50. The first kappa shape index (κ1) is 27.4. The molecular weight excluding hydrogens is 540 g/mol. The summed E-state index contributed by atoms with van der Waals surface area (Å²) in [6.45, 7) is 4.27. The molecule has 0 atom stereocenters. The molecule has 3 aromatic carbocycles. The molecule has 3 N–H and O–H groups in total. The van der Waals surface area contributed by atoms with Crippen LogP contribution in [0.15, 0.2) is 76.3 Å². The second-order valence-corrected chi connectivity index (χ2v) is 8.78. The Kier molecular flexibility index (Phi) is 10.2. The molecule has 0 aliphatic rings. The average molecular weight is 567 g/mol. The molecule has 10 heteroatoms. The van der Waals surface area contributed by atoms with Crippen LogP contribution in [-0.4, -0.2) is 37.1 Å². The third-order valence-corrected chi connectivity index (χ3v) is 5.39. The smallest absolute Gasteiger partial charge is 0.329 e. The normalized spacial score (nSPS) is 10.6. The number of nitrogens with one attached hydrogen (secondary N) is 3. The van der Waals surface area contributed by atoms with E-state index in [1.807, 2.05) is 26.0 Å². The van der Waals surface area contributed by atoms with Crippen LogP contribution in [0.3, 0.4) is 0 Å². The van der Waals surface area contributed by atoms with Gasteiger partial charge >= 0.3 is 11.8 Å². The van der Waals surface area contributed by atoms with Gasteiger partial charge in [0.25, 0.3) is 5.91 Å². The molecule has 0 bridgehead atoms. The number of hydrazone groups is 1. The molecule has 0 radical (unpaired) electrons. The maximum atomic E-state index is 12.3. The monoisotopic (exact) mass is 566 g/mol. The van der Waals surface area contributed by atoms with Gasteiger partial charge in [-0.3, -0.25) is 14.4 Å². The van der Waals surface area contributed by atoms with Gasteiger partial charge in [0.2, 0.25) is 0 Å². The van der Waals surface area contributed by atoms with Crippen molar-refractivity contribution in [1.82, 2.24) is 5.43 Å². The van der Waals surface area contributed by atoms with Crippen LogP contribution in [0.5, 0.6) is 11.5 Å². The predicted octanol–water partition coefficient (Wildman–Crippen LogP) is 4.65. The van der Waals surface area contributed by atoms with Crippen LogP contribution in [0, 0.1) is 6.92 Å². The summed E-state index contributed by atoms with van der Waals surface area (Å²) in [7, 11) is 0. The molecule has 0 unspecified atom stereocenters. The Morgan fingerprint density at radius 3 is 2.43 bits per heavy atom. The highest BCUT2D eigenvalue weighted by Crippen LogP contribution is 2.20. The number of hydrogen-bond donors (Lipinski definition) is 3. The molecule has 3 rings (SSSR count). The van der Waals surface area contributed by atoms with Crippen molar-refractivity contribution in [3.8, 4) is 11.5 Å². The lowest BCUT2D eigenvalue weighted by atomic mass is 10.2. The van der Waals surface area contributed by atoms with Gasteiger partial charge in [0.1, 0.15) is 11.5 Å². The number of para-hydroxylation sites is 1. The molecule has 0 saturated carbocycles. The third kappa shape index (κ3) is 8.76. The lowest BCUT2D eigenvalue weighted by molar-refractivity contribution is -0.136. The summed E-state index contributed by atoms with van der Waals surface area (Å²) in [6.07, 6.45) is 2.22. The van der Waals surface area contributed by atoms with E-state index in [4.69, 9.17) is 9.47 Å². The average Bonchev–Trinajstić information content (AvgIpc) is 2.89. The SMILES string of the molecule is CCCOc1ccc(NC(=O)C(=O)N/N=C\c2ccccc2OCC(=O)Nc2ccc(Br)cc2C)cc1. The van der Waals surface area contributed by atoms with Gasteiger partial charge in [0, 0.05) is 21.4 Å². The van der Waals surface area contributed by atoms with E-state index in [1.54, 1.807) is 54.6 Å². The largest absolute Gasteiger partial charge is 0.494 e. The lowest BCUT2D eigenvalue weighted by Gasteiger charge is -2.11. The highest BCUT2D eigenvalue weighted by Gasteiger charge is 2.13.